The Kier molecular flexibility index (Phi) is 2.87. The van der Waals surface area contributed by atoms with Crippen LogP contribution in [0.4, 0.5) is 5.69 Å². The molecule has 2 aromatic heterocycles. The highest BCUT2D eigenvalue weighted by Gasteiger charge is 2.41. The van der Waals surface area contributed by atoms with Crippen molar-refractivity contribution in [1.29, 1.82) is 0 Å². The largest absolute Gasteiger partial charge is 0.292 e. The Morgan fingerprint density at radius 1 is 1.17 bits per heavy atom. The van der Waals surface area contributed by atoms with Crippen LogP contribution in [0.3, 0.4) is 0 Å². The van der Waals surface area contributed by atoms with Gasteiger partial charge in [0.1, 0.15) is 11.1 Å². The molecule has 1 aromatic carbocycles. The molecule has 1 aliphatic rings. The molecule has 7 nitrogen and oxygen atoms in total. The molecule has 0 saturated carbocycles. The van der Waals surface area contributed by atoms with Gasteiger partial charge in [-0.2, -0.15) is 14.6 Å². The highest BCUT2D eigenvalue weighted by atomic mass is 35.5. The molecule has 0 unspecified atom stereocenters. The molecule has 3 aromatic rings. The number of hydrogen-bond donors (Lipinski definition) is 0. The fourth-order valence-electron chi connectivity index (χ4n) is 2.37. The van der Waals surface area contributed by atoms with E-state index in [0.717, 1.165) is 28.0 Å². The molecule has 1 aliphatic heterocycles. The smallest absolute Gasteiger partial charge is 0.267 e. The van der Waals surface area contributed by atoms with Crippen molar-refractivity contribution < 1.29 is 9.59 Å². The average Bonchev–Trinajstić information content (AvgIpc) is 2.99. The van der Waals surface area contributed by atoms with Gasteiger partial charge >= 0.3 is 0 Å². The highest BCUT2D eigenvalue weighted by molar-refractivity contribution is 7.19. The number of nitrogens with zero attached hydrogens (tertiary/aromatic N) is 4. The lowest BCUT2D eigenvalue weighted by molar-refractivity contribution is 0.0924. The van der Waals surface area contributed by atoms with E-state index in [1.165, 1.54) is 4.52 Å². The summed E-state index contributed by atoms with van der Waals surface area (Å²) in [6, 6.07) is 4.96. The van der Waals surface area contributed by atoms with Crippen molar-refractivity contribution in [3.8, 4) is 0 Å². The van der Waals surface area contributed by atoms with Gasteiger partial charge in [0.15, 0.2) is 5.69 Å². The number of benzene rings is 1. The normalized spacial score (nSPS) is 13.9. The van der Waals surface area contributed by atoms with Crippen LogP contribution in [0, 0.1) is 6.92 Å². The van der Waals surface area contributed by atoms with Crippen LogP contribution in [0.1, 0.15) is 25.7 Å². The van der Waals surface area contributed by atoms with E-state index in [1.807, 2.05) is 6.92 Å². The molecule has 0 radical (unpaired) electrons. The fourth-order valence-corrected chi connectivity index (χ4v) is 3.54. The summed E-state index contributed by atoms with van der Waals surface area (Å²) in [5.41, 5.74) is 0.824. The zero-order valence-electron chi connectivity index (χ0n) is 11.6. The van der Waals surface area contributed by atoms with Crippen LogP contribution in [0.2, 0.25) is 5.02 Å². The summed E-state index contributed by atoms with van der Waals surface area (Å²) in [4.78, 5) is 41.7. The number of carbonyl (C=O) groups excluding carboxylic acids is 2. The van der Waals surface area contributed by atoms with E-state index >= 15 is 0 Å². The van der Waals surface area contributed by atoms with Crippen LogP contribution in [0.15, 0.2) is 29.2 Å². The zero-order chi connectivity index (χ0) is 16.3. The summed E-state index contributed by atoms with van der Waals surface area (Å²) in [5, 5.41) is 4.35. The van der Waals surface area contributed by atoms with Crippen LogP contribution in [-0.2, 0) is 0 Å². The number of halogens is 1. The average molecular weight is 347 g/mol. The second-order valence-electron chi connectivity index (χ2n) is 4.95. The quantitative estimate of drug-likeness (QED) is 0.628. The molecule has 0 atom stereocenters. The van der Waals surface area contributed by atoms with Crippen molar-refractivity contribution in [3.63, 3.8) is 0 Å². The van der Waals surface area contributed by atoms with Crippen LogP contribution < -0.4 is 10.5 Å². The molecule has 23 heavy (non-hydrogen) atoms. The number of aromatic nitrogens is 3. The first kappa shape index (κ1) is 14.0. The van der Waals surface area contributed by atoms with Crippen molar-refractivity contribution in [2.75, 3.05) is 4.90 Å². The van der Waals surface area contributed by atoms with Gasteiger partial charge in [-0.25, -0.2) is 4.90 Å². The van der Waals surface area contributed by atoms with Crippen LogP contribution in [0.25, 0.3) is 4.96 Å². The van der Waals surface area contributed by atoms with Crippen molar-refractivity contribution in [2.45, 2.75) is 6.92 Å². The molecule has 0 N–H and O–H groups in total. The maximum atomic E-state index is 12.7. The van der Waals surface area contributed by atoms with E-state index in [2.05, 4.69) is 10.1 Å². The van der Waals surface area contributed by atoms with Gasteiger partial charge in [-0.15, -0.1) is 0 Å². The van der Waals surface area contributed by atoms with E-state index < -0.39 is 17.4 Å². The molecule has 0 bridgehead atoms. The summed E-state index contributed by atoms with van der Waals surface area (Å²) in [6.07, 6.45) is 1.00. The monoisotopic (exact) mass is 346 g/mol. The molecule has 114 valence electrons. The van der Waals surface area contributed by atoms with E-state index in [1.54, 1.807) is 18.2 Å². The lowest BCUT2D eigenvalue weighted by Gasteiger charge is -2.14. The van der Waals surface area contributed by atoms with E-state index in [0.29, 0.717) is 10.7 Å². The molecule has 0 spiro atoms. The molecule has 0 aliphatic carbocycles. The molecule has 3 heterocycles. The van der Waals surface area contributed by atoms with Gasteiger partial charge in [0.25, 0.3) is 17.4 Å². The molecule has 9 heteroatoms. The maximum Gasteiger partial charge on any atom is 0.292 e. The topological polar surface area (TPSA) is 84.6 Å². The Morgan fingerprint density at radius 3 is 2.70 bits per heavy atom. The highest BCUT2D eigenvalue weighted by Crippen LogP contribution is 2.34. The number of anilines is 1. The standard InChI is InChI=1S/C14H7ClN4O3S/c1-6-2-3-7(4-8(6)15)18-12(21)10-11(13(18)22)23-14-17-9(20)5-16-19(10)14/h2-5H,1H3. The van der Waals surface area contributed by atoms with Crippen molar-refractivity contribution in [1.82, 2.24) is 14.6 Å². The summed E-state index contributed by atoms with van der Waals surface area (Å²) in [5.74, 6) is -0.996. The number of hydrogen-bond acceptors (Lipinski definition) is 6. The predicted molar refractivity (Wildman–Crippen MR) is 84.5 cm³/mol. The number of fused-ring (bicyclic) bond motifs is 3. The number of thiazole rings is 1. The number of imide groups is 1. The number of amides is 2. The fraction of sp³-hybridized carbons (Fsp3) is 0.0714. The predicted octanol–water partition coefficient (Wildman–Crippen LogP) is 1.91. The molecule has 0 fully saturated rings. The van der Waals surface area contributed by atoms with E-state index in [-0.39, 0.29) is 15.5 Å². The summed E-state index contributed by atoms with van der Waals surface area (Å²) >= 11 is 7.04. The van der Waals surface area contributed by atoms with E-state index in [9.17, 15) is 14.4 Å². The van der Waals surface area contributed by atoms with Crippen molar-refractivity contribution in [3.05, 3.63) is 55.9 Å². The van der Waals surface area contributed by atoms with E-state index in [4.69, 9.17) is 11.6 Å². The van der Waals surface area contributed by atoms with Gasteiger partial charge in [0.2, 0.25) is 4.96 Å². The van der Waals surface area contributed by atoms with Crippen LogP contribution in [0.5, 0.6) is 0 Å². The third-order valence-electron chi connectivity index (χ3n) is 3.51. The van der Waals surface area contributed by atoms with Gasteiger partial charge < -0.3 is 0 Å². The number of carbonyl (C=O) groups is 2. The SMILES string of the molecule is Cc1ccc(N2C(=O)c3sc4nc(=O)cnn4c3C2=O)cc1Cl. The maximum absolute atomic E-state index is 12.7. The van der Waals surface area contributed by atoms with Crippen molar-refractivity contribution >= 4 is 45.4 Å². The second kappa shape index (κ2) is 4.71. The molecule has 0 saturated heterocycles. The Balaban J connectivity index is 1.90. The first-order valence-electron chi connectivity index (χ1n) is 6.51. The minimum Gasteiger partial charge on any atom is -0.267 e. The minimum absolute atomic E-state index is 0.110. The molecular weight excluding hydrogens is 340 g/mol. The third kappa shape index (κ3) is 1.92. The zero-order valence-corrected chi connectivity index (χ0v) is 13.2. The second-order valence-corrected chi connectivity index (χ2v) is 6.33. The molecular formula is C14H7ClN4O3S. The van der Waals surface area contributed by atoms with Gasteiger partial charge in [0.05, 0.1) is 5.69 Å². The Morgan fingerprint density at radius 2 is 1.96 bits per heavy atom. The lowest BCUT2D eigenvalue weighted by atomic mass is 10.2. The molecule has 2 amide bonds. The third-order valence-corrected chi connectivity index (χ3v) is 4.93. The number of rotatable bonds is 1. The first-order valence-corrected chi connectivity index (χ1v) is 7.70. The van der Waals surface area contributed by atoms with Crippen molar-refractivity contribution in [2.24, 2.45) is 0 Å². The molecule has 4 rings (SSSR count). The summed E-state index contributed by atoms with van der Waals surface area (Å²) < 4.78 is 1.22. The lowest BCUT2D eigenvalue weighted by Crippen LogP contribution is -2.30. The van der Waals surface area contributed by atoms with Crippen LogP contribution >= 0.6 is 22.9 Å². The Hall–Kier alpha value is -2.58. The van der Waals surface area contributed by atoms with Gasteiger partial charge in [-0.3, -0.25) is 14.4 Å². The first-order chi connectivity index (χ1) is 11.0. The summed E-state index contributed by atoms with van der Waals surface area (Å²) in [6.45, 7) is 1.83. The Bertz CT molecular complexity index is 1070. The minimum atomic E-state index is -0.521. The van der Waals surface area contributed by atoms with Gasteiger partial charge in [-0.1, -0.05) is 29.0 Å². The van der Waals surface area contributed by atoms with Gasteiger partial charge in [-0.05, 0) is 24.6 Å². The summed E-state index contributed by atoms with van der Waals surface area (Å²) in [7, 11) is 0. The van der Waals surface area contributed by atoms with Crippen LogP contribution in [-0.4, -0.2) is 26.4 Å². The number of aryl methyl sites for hydroxylation is 1. The Labute approximate surface area is 137 Å². The van der Waals surface area contributed by atoms with Gasteiger partial charge in [0, 0.05) is 5.02 Å².